The minimum Gasteiger partial charge on any atom is -0.456 e. The van der Waals surface area contributed by atoms with E-state index in [4.69, 9.17) is 30.4 Å². The number of para-hydroxylation sites is 1. The Morgan fingerprint density at radius 3 is 1.78 bits per heavy atom. The summed E-state index contributed by atoms with van der Waals surface area (Å²) >= 11 is 0. The number of hydrogen-bond acceptors (Lipinski definition) is 5. The summed E-state index contributed by atoms with van der Waals surface area (Å²) in [7, 11) is 0. The third kappa shape index (κ3) is 5.01. The molecule has 2 aliphatic carbocycles. The first-order valence-corrected chi connectivity index (χ1v) is 21.7. The first-order chi connectivity index (χ1) is 32.1. The highest BCUT2D eigenvalue weighted by Crippen LogP contribution is 2.65. The van der Waals surface area contributed by atoms with E-state index in [0.717, 1.165) is 99.5 Å². The van der Waals surface area contributed by atoms with Crippen LogP contribution in [0.2, 0.25) is 0 Å². The zero-order valence-corrected chi connectivity index (χ0v) is 34.6. The molecule has 12 aromatic rings. The summed E-state index contributed by atoms with van der Waals surface area (Å²) < 4.78 is 13.5. The fourth-order valence-electron chi connectivity index (χ4n) is 10.8. The van der Waals surface area contributed by atoms with Gasteiger partial charge < -0.3 is 8.83 Å². The largest absolute Gasteiger partial charge is 0.456 e. The Morgan fingerprint density at radius 2 is 0.985 bits per heavy atom. The molecule has 3 aromatic heterocycles. The van der Waals surface area contributed by atoms with Crippen LogP contribution in [0.1, 0.15) is 22.3 Å². The molecule has 1 unspecified atom stereocenters. The van der Waals surface area contributed by atoms with E-state index in [0.29, 0.717) is 23.2 Å². The van der Waals surface area contributed by atoms with Crippen LogP contribution in [0.25, 0.3) is 116 Å². The monoisotopic (exact) mass is 828 g/mol. The number of aromatic nitrogens is 3. The van der Waals surface area contributed by atoms with Crippen molar-refractivity contribution >= 4 is 49.6 Å². The molecule has 0 amide bonds. The summed E-state index contributed by atoms with van der Waals surface area (Å²) in [6.07, 6.45) is 0. The summed E-state index contributed by atoms with van der Waals surface area (Å²) in [5.41, 5.74) is 17.1. The van der Waals surface area contributed by atoms with Gasteiger partial charge >= 0.3 is 0 Å². The second-order valence-electron chi connectivity index (χ2n) is 16.9. The average Bonchev–Trinajstić information content (AvgIpc) is 4.10. The van der Waals surface area contributed by atoms with E-state index in [-0.39, 0.29) is 0 Å². The zero-order valence-electron chi connectivity index (χ0n) is 34.6. The molecule has 1 atom stereocenters. The van der Waals surface area contributed by atoms with Crippen LogP contribution in [0.4, 0.5) is 5.69 Å². The lowest BCUT2D eigenvalue weighted by molar-refractivity contribution is 0.666. The molecule has 65 heavy (non-hydrogen) atoms. The predicted octanol–water partition coefficient (Wildman–Crippen LogP) is 15.2. The van der Waals surface area contributed by atoms with Crippen LogP contribution in [0.3, 0.4) is 0 Å². The van der Waals surface area contributed by atoms with Gasteiger partial charge in [-0.25, -0.2) is 19.8 Å². The lowest BCUT2D eigenvalue weighted by Crippen LogP contribution is -2.26. The van der Waals surface area contributed by atoms with E-state index in [1.165, 1.54) is 16.7 Å². The lowest BCUT2D eigenvalue weighted by Gasteiger charge is -2.31. The highest BCUT2D eigenvalue weighted by molar-refractivity contribution is 6.16. The Balaban J connectivity index is 0.979. The molecule has 0 saturated carbocycles. The van der Waals surface area contributed by atoms with Crippen molar-refractivity contribution in [3.8, 4) is 67.5 Å². The molecule has 300 valence electrons. The van der Waals surface area contributed by atoms with E-state index in [1.807, 2.05) is 78.9 Å². The van der Waals surface area contributed by atoms with Gasteiger partial charge in [-0.3, -0.25) is 0 Å². The Morgan fingerprint density at radius 1 is 0.369 bits per heavy atom. The fourth-order valence-corrected chi connectivity index (χ4v) is 10.8. The molecule has 0 radical (unpaired) electrons. The molecule has 1 spiro atoms. The van der Waals surface area contributed by atoms with Gasteiger partial charge in [0.1, 0.15) is 22.3 Å². The molecule has 6 nitrogen and oxygen atoms in total. The molecule has 6 heteroatoms. The van der Waals surface area contributed by atoms with E-state index in [9.17, 15) is 0 Å². The molecule has 9 aromatic carbocycles. The quantitative estimate of drug-likeness (QED) is 0.165. The van der Waals surface area contributed by atoms with Gasteiger partial charge in [0, 0.05) is 38.2 Å². The van der Waals surface area contributed by atoms with E-state index < -0.39 is 5.41 Å². The summed E-state index contributed by atoms with van der Waals surface area (Å²) in [5, 5.41) is 4.27. The van der Waals surface area contributed by atoms with Crippen molar-refractivity contribution < 1.29 is 8.83 Å². The van der Waals surface area contributed by atoms with Gasteiger partial charge in [-0.1, -0.05) is 152 Å². The third-order valence-corrected chi connectivity index (χ3v) is 13.5. The van der Waals surface area contributed by atoms with Gasteiger partial charge in [-0.2, -0.15) is 0 Å². The van der Waals surface area contributed by atoms with Crippen molar-refractivity contribution in [3.63, 3.8) is 0 Å². The van der Waals surface area contributed by atoms with Crippen LogP contribution in [0.15, 0.2) is 203 Å². The molecule has 14 rings (SSSR count). The number of nitrogens with zero attached hydrogens (tertiary/aromatic N) is 4. The number of hydrogen-bond donors (Lipinski definition) is 0. The third-order valence-electron chi connectivity index (χ3n) is 13.5. The SMILES string of the molecule is [C-]#[N+]c1ccc2c(c1)C1(c3ccccc3-2)c2cc3oc4ccccc4c3cc2-c2ccc3oc4cc(-c5cccc(-c6nc(-c7ccccc7)nc(-c7ccccc7)n6)c5)ccc4c3c21. The number of fused-ring (bicyclic) bond motifs is 17. The highest BCUT2D eigenvalue weighted by Gasteiger charge is 2.53. The minimum atomic E-state index is -0.741. The van der Waals surface area contributed by atoms with Crippen LogP contribution in [0.5, 0.6) is 0 Å². The van der Waals surface area contributed by atoms with Crippen LogP contribution in [-0.4, -0.2) is 15.0 Å². The van der Waals surface area contributed by atoms with Crippen LogP contribution in [-0.2, 0) is 5.41 Å². The summed E-state index contributed by atoms with van der Waals surface area (Å²) in [6, 6.07) is 67.1. The number of benzene rings is 9. The predicted molar refractivity (Wildman–Crippen MR) is 259 cm³/mol. The van der Waals surface area contributed by atoms with Gasteiger partial charge in [-0.15, -0.1) is 0 Å². The first kappa shape index (κ1) is 35.7. The standard InChI is InChI=1S/C59H32N4O2/c1-60-39-24-26-41-40-19-8-10-21-47(40)59(48(41)31-39)49-33-53-46(42-20-9-11-22-50(42)64-53)32-45(49)43-27-28-51-54(55(43)59)44-25-23-37(30-52(44)65-51)36-17-12-18-38(29-36)58-62-56(34-13-4-2-5-14-34)61-57(63-58)35-15-6-3-7-16-35/h2-33H. The molecule has 3 heterocycles. The Kier molecular flexibility index (Phi) is 7.29. The molecule has 0 saturated heterocycles. The number of furan rings is 2. The van der Waals surface area contributed by atoms with Crippen molar-refractivity contribution in [1.82, 2.24) is 15.0 Å². The van der Waals surface area contributed by atoms with Gasteiger partial charge in [-0.05, 0) is 98.1 Å². The second kappa shape index (κ2) is 13.3. The van der Waals surface area contributed by atoms with E-state index in [1.54, 1.807) is 0 Å². The normalized spacial score (nSPS) is 14.5. The number of rotatable bonds is 4. The molecule has 2 aliphatic rings. The maximum absolute atomic E-state index is 8.13. The minimum absolute atomic E-state index is 0.600. The van der Waals surface area contributed by atoms with Crippen molar-refractivity contribution in [1.29, 1.82) is 0 Å². The highest BCUT2D eigenvalue weighted by atomic mass is 16.3. The smallest absolute Gasteiger partial charge is 0.187 e. The van der Waals surface area contributed by atoms with Crippen molar-refractivity contribution in [2.45, 2.75) is 5.41 Å². The topological polar surface area (TPSA) is 69.3 Å². The van der Waals surface area contributed by atoms with Gasteiger partial charge in [0.05, 0.1) is 12.0 Å². The van der Waals surface area contributed by atoms with Crippen molar-refractivity contribution in [2.24, 2.45) is 0 Å². The van der Waals surface area contributed by atoms with E-state index >= 15 is 0 Å². The molecular formula is C59H32N4O2. The molecule has 0 fully saturated rings. The maximum atomic E-state index is 8.13. The van der Waals surface area contributed by atoms with Gasteiger partial charge in [0.25, 0.3) is 0 Å². The van der Waals surface area contributed by atoms with Crippen molar-refractivity contribution in [2.75, 3.05) is 0 Å². The Bertz CT molecular complexity index is 3970. The van der Waals surface area contributed by atoms with Gasteiger partial charge in [0.2, 0.25) is 0 Å². The second-order valence-corrected chi connectivity index (χ2v) is 16.9. The Labute approximate surface area is 372 Å². The summed E-state index contributed by atoms with van der Waals surface area (Å²) in [5.74, 6) is 1.84. The van der Waals surface area contributed by atoms with E-state index in [2.05, 4.69) is 120 Å². The molecule has 0 N–H and O–H groups in total. The Hall–Kier alpha value is -8.92. The zero-order chi connectivity index (χ0) is 42.8. The molecular weight excluding hydrogens is 797 g/mol. The maximum Gasteiger partial charge on any atom is 0.187 e. The van der Waals surface area contributed by atoms with Crippen LogP contribution < -0.4 is 0 Å². The molecule has 0 bridgehead atoms. The van der Waals surface area contributed by atoms with Crippen LogP contribution >= 0.6 is 0 Å². The first-order valence-electron chi connectivity index (χ1n) is 21.7. The summed E-state index contributed by atoms with van der Waals surface area (Å²) in [4.78, 5) is 18.9. The van der Waals surface area contributed by atoms with Gasteiger partial charge in [0.15, 0.2) is 23.2 Å². The van der Waals surface area contributed by atoms with Crippen LogP contribution in [0, 0.1) is 6.57 Å². The summed E-state index contributed by atoms with van der Waals surface area (Å²) in [6.45, 7) is 8.13. The molecule has 0 aliphatic heterocycles. The van der Waals surface area contributed by atoms with Crippen molar-refractivity contribution in [3.05, 3.63) is 228 Å². The average molecular weight is 829 g/mol. The lowest BCUT2D eigenvalue weighted by atomic mass is 9.69. The fraction of sp³-hybridized carbons (Fsp3) is 0.0169.